The second-order valence-electron chi connectivity index (χ2n) is 5.33. The van der Waals surface area contributed by atoms with E-state index in [9.17, 15) is 18.0 Å². The Morgan fingerprint density at radius 1 is 1.00 bits per heavy atom. The zero-order chi connectivity index (χ0) is 20.0. The first-order valence-corrected chi connectivity index (χ1v) is 10.4. The zero-order valence-electron chi connectivity index (χ0n) is 13.7. The summed E-state index contributed by atoms with van der Waals surface area (Å²) < 4.78 is 29.1. The molecule has 0 aliphatic heterocycles. The van der Waals surface area contributed by atoms with Crippen molar-refractivity contribution in [1.29, 1.82) is 0 Å². The lowest BCUT2D eigenvalue weighted by Gasteiger charge is -2.09. The monoisotopic (exact) mass is 449 g/mol. The fourth-order valence-electron chi connectivity index (χ4n) is 1.98. The Labute approximate surface area is 171 Å². The van der Waals surface area contributed by atoms with Crippen molar-refractivity contribution < 1.29 is 22.7 Å². The molecule has 1 amide bonds. The second-order valence-corrected chi connectivity index (χ2v) is 8.66. The molecule has 10 heteroatoms. The van der Waals surface area contributed by atoms with Crippen molar-refractivity contribution in [3.63, 3.8) is 0 Å². The van der Waals surface area contributed by atoms with E-state index in [0.29, 0.717) is 5.02 Å². The van der Waals surface area contributed by atoms with E-state index in [1.807, 2.05) is 0 Å². The smallest absolute Gasteiger partial charge is 0.307 e. The van der Waals surface area contributed by atoms with E-state index in [1.54, 1.807) is 12.1 Å². The number of carbonyl (C=O) groups is 2. The fraction of sp³-hybridized carbons (Fsp3) is 0.176. The van der Waals surface area contributed by atoms with Crippen molar-refractivity contribution >= 4 is 62.2 Å². The molecule has 0 unspecified atom stereocenters. The Balaban J connectivity index is 1.82. The Morgan fingerprint density at radius 2 is 1.67 bits per heavy atom. The predicted octanol–water partition coefficient (Wildman–Crippen LogP) is 3.99. The summed E-state index contributed by atoms with van der Waals surface area (Å²) >= 11 is 17.5. The molecule has 0 aliphatic rings. The van der Waals surface area contributed by atoms with Crippen LogP contribution in [0, 0.1) is 0 Å². The Hall–Kier alpha value is -1.80. The number of hydrogen-bond acceptors (Lipinski definition) is 5. The average Bonchev–Trinajstić information content (AvgIpc) is 2.62. The highest BCUT2D eigenvalue weighted by atomic mass is 35.5. The van der Waals surface area contributed by atoms with Crippen molar-refractivity contribution in [3.05, 3.63) is 57.5 Å². The van der Waals surface area contributed by atoms with E-state index in [-0.39, 0.29) is 20.6 Å². The fourth-order valence-corrected chi connectivity index (χ4v) is 3.68. The summed E-state index contributed by atoms with van der Waals surface area (Å²) in [7, 11) is -3.66. The first kappa shape index (κ1) is 21.5. The molecule has 0 aromatic heterocycles. The summed E-state index contributed by atoms with van der Waals surface area (Å²) in [4.78, 5) is 23.6. The molecule has 2 aromatic rings. The minimum absolute atomic E-state index is 0.0491. The normalized spacial score (nSPS) is 11.1. The van der Waals surface area contributed by atoms with Crippen molar-refractivity contribution in [3.8, 4) is 0 Å². The van der Waals surface area contributed by atoms with Gasteiger partial charge < -0.3 is 10.1 Å². The van der Waals surface area contributed by atoms with Gasteiger partial charge in [-0.1, -0.05) is 40.9 Å². The van der Waals surface area contributed by atoms with Crippen LogP contribution in [0.1, 0.15) is 6.42 Å². The molecule has 6 nitrogen and oxygen atoms in total. The highest BCUT2D eigenvalue weighted by molar-refractivity contribution is 7.91. The molecule has 0 atom stereocenters. The molecule has 144 valence electrons. The highest BCUT2D eigenvalue weighted by Gasteiger charge is 2.18. The van der Waals surface area contributed by atoms with Gasteiger partial charge in [-0.25, -0.2) is 8.42 Å². The number of rotatable bonds is 7. The summed E-state index contributed by atoms with van der Waals surface area (Å²) in [6.07, 6.45) is -0.393. The minimum Gasteiger partial charge on any atom is -0.456 e. The molecule has 0 fully saturated rings. The maximum atomic E-state index is 12.1. The largest absolute Gasteiger partial charge is 0.456 e. The molecule has 0 radical (unpaired) electrons. The molecule has 2 rings (SSSR count). The highest BCUT2D eigenvalue weighted by Crippen LogP contribution is 2.29. The number of halogens is 3. The zero-order valence-corrected chi connectivity index (χ0v) is 16.8. The van der Waals surface area contributed by atoms with Crippen LogP contribution in [0.25, 0.3) is 0 Å². The maximum Gasteiger partial charge on any atom is 0.307 e. The minimum atomic E-state index is -3.66. The number of anilines is 1. The van der Waals surface area contributed by atoms with Crippen LogP contribution >= 0.6 is 34.8 Å². The van der Waals surface area contributed by atoms with Gasteiger partial charge in [0.05, 0.1) is 32.8 Å². The standard InChI is InChI=1S/C17H14Cl3NO5S/c18-11-4-6-12(7-5-11)27(24,25)9-8-16(23)26-10-15(22)21-14-3-1-2-13(19)17(14)20/h1-7H,8-10H2,(H,21,22). The third-order valence-electron chi connectivity index (χ3n) is 3.34. The number of hydrogen-bond donors (Lipinski definition) is 1. The second kappa shape index (κ2) is 9.41. The topological polar surface area (TPSA) is 89.5 Å². The van der Waals surface area contributed by atoms with Gasteiger partial charge in [0.15, 0.2) is 16.4 Å². The first-order valence-electron chi connectivity index (χ1n) is 7.57. The number of amides is 1. The van der Waals surface area contributed by atoms with Gasteiger partial charge >= 0.3 is 5.97 Å². The molecule has 0 spiro atoms. The molecule has 1 N–H and O–H groups in total. The lowest BCUT2D eigenvalue weighted by Crippen LogP contribution is -2.22. The van der Waals surface area contributed by atoms with E-state index in [4.69, 9.17) is 39.5 Å². The van der Waals surface area contributed by atoms with E-state index < -0.39 is 40.5 Å². The number of ether oxygens (including phenoxy) is 1. The average molecular weight is 451 g/mol. The van der Waals surface area contributed by atoms with Gasteiger partial charge in [0.2, 0.25) is 0 Å². The van der Waals surface area contributed by atoms with Crippen LogP contribution in [-0.4, -0.2) is 32.7 Å². The number of nitrogens with one attached hydrogen (secondary N) is 1. The van der Waals surface area contributed by atoms with Crippen LogP contribution in [-0.2, 0) is 24.2 Å². The third kappa shape index (κ3) is 6.39. The van der Waals surface area contributed by atoms with Gasteiger partial charge in [-0.05, 0) is 36.4 Å². The molecular weight excluding hydrogens is 437 g/mol. The molecular formula is C17H14Cl3NO5S. The summed E-state index contributed by atoms with van der Waals surface area (Å²) in [6, 6.07) is 10.3. The van der Waals surface area contributed by atoms with Gasteiger partial charge in [-0.2, -0.15) is 0 Å². The van der Waals surface area contributed by atoms with Crippen molar-refractivity contribution in [1.82, 2.24) is 0 Å². The molecule has 2 aromatic carbocycles. The van der Waals surface area contributed by atoms with E-state index >= 15 is 0 Å². The van der Waals surface area contributed by atoms with Crippen molar-refractivity contribution in [2.24, 2.45) is 0 Å². The quantitative estimate of drug-likeness (QED) is 0.644. The Morgan fingerprint density at radius 3 is 2.33 bits per heavy atom. The number of esters is 1. The molecule has 0 saturated heterocycles. The predicted molar refractivity (Wildman–Crippen MR) is 104 cm³/mol. The molecule has 0 aliphatic carbocycles. The van der Waals surface area contributed by atoms with E-state index in [2.05, 4.69) is 5.32 Å². The van der Waals surface area contributed by atoms with Crippen LogP contribution in [0.3, 0.4) is 0 Å². The SMILES string of the molecule is O=C(COC(=O)CCS(=O)(=O)c1ccc(Cl)cc1)Nc1cccc(Cl)c1Cl. The van der Waals surface area contributed by atoms with Crippen molar-refractivity contribution in [2.45, 2.75) is 11.3 Å². The van der Waals surface area contributed by atoms with Gasteiger partial charge in [0, 0.05) is 5.02 Å². The molecule has 0 bridgehead atoms. The van der Waals surface area contributed by atoms with Crippen molar-refractivity contribution in [2.75, 3.05) is 17.7 Å². The summed E-state index contributed by atoms with van der Waals surface area (Å²) in [5.41, 5.74) is 0.274. The number of carbonyl (C=O) groups excluding carboxylic acids is 2. The first-order chi connectivity index (χ1) is 12.7. The van der Waals surface area contributed by atoms with E-state index in [0.717, 1.165) is 0 Å². The number of benzene rings is 2. The van der Waals surface area contributed by atoms with Gasteiger partial charge in [0.1, 0.15) is 0 Å². The Kier molecular flexibility index (Phi) is 7.49. The summed E-state index contributed by atoms with van der Waals surface area (Å²) in [5.74, 6) is -1.90. The maximum absolute atomic E-state index is 12.1. The molecule has 0 heterocycles. The van der Waals surface area contributed by atoms with Crippen LogP contribution in [0.2, 0.25) is 15.1 Å². The lowest BCUT2D eigenvalue weighted by atomic mass is 10.3. The van der Waals surface area contributed by atoms with Crippen LogP contribution < -0.4 is 5.32 Å². The van der Waals surface area contributed by atoms with Crippen LogP contribution in [0.15, 0.2) is 47.4 Å². The lowest BCUT2D eigenvalue weighted by molar-refractivity contribution is -0.146. The van der Waals surface area contributed by atoms with Crippen LogP contribution in [0.5, 0.6) is 0 Å². The van der Waals surface area contributed by atoms with Gasteiger partial charge in [0.25, 0.3) is 5.91 Å². The van der Waals surface area contributed by atoms with Crippen LogP contribution in [0.4, 0.5) is 5.69 Å². The van der Waals surface area contributed by atoms with Gasteiger partial charge in [-0.15, -0.1) is 0 Å². The van der Waals surface area contributed by atoms with Gasteiger partial charge in [-0.3, -0.25) is 9.59 Å². The number of sulfone groups is 1. The third-order valence-corrected chi connectivity index (χ3v) is 6.14. The summed E-state index contributed by atoms with van der Waals surface area (Å²) in [5, 5.41) is 3.27. The molecule has 27 heavy (non-hydrogen) atoms. The van der Waals surface area contributed by atoms with E-state index in [1.165, 1.54) is 30.3 Å². The summed E-state index contributed by atoms with van der Waals surface area (Å²) in [6.45, 7) is -0.581. The molecule has 0 saturated carbocycles. The Bertz CT molecular complexity index is 946.